The van der Waals surface area contributed by atoms with Gasteiger partial charge in [0.15, 0.2) is 17.7 Å². The molecule has 7 nitrogen and oxygen atoms in total. The number of hydrogen-bond acceptors (Lipinski definition) is 4. The summed E-state index contributed by atoms with van der Waals surface area (Å²) in [7, 11) is 0. The Morgan fingerprint density at radius 3 is 2.74 bits per heavy atom. The summed E-state index contributed by atoms with van der Waals surface area (Å²) in [5.41, 5.74) is 3.06. The highest BCUT2D eigenvalue weighted by atomic mass is 19.2. The van der Waals surface area contributed by atoms with Crippen molar-refractivity contribution < 1.29 is 23.4 Å². The average Bonchev–Trinajstić information content (AvgIpc) is 3.41. The lowest BCUT2D eigenvalue weighted by Crippen LogP contribution is -2.32. The molecule has 0 amide bonds. The first kappa shape index (κ1) is 23.0. The van der Waals surface area contributed by atoms with Gasteiger partial charge in [0.2, 0.25) is 0 Å². The number of fused-ring (bicyclic) bond motifs is 2. The van der Waals surface area contributed by atoms with Crippen molar-refractivity contribution in [3.63, 3.8) is 0 Å². The number of hydrogen-bond donors (Lipinski definition) is 2. The Kier molecular flexibility index (Phi) is 5.56. The molecule has 2 aromatic carbocycles. The summed E-state index contributed by atoms with van der Waals surface area (Å²) in [6, 6.07) is 9.93. The summed E-state index contributed by atoms with van der Waals surface area (Å²) >= 11 is 0. The van der Waals surface area contributed by atoms with Gasteiger partial charge in [-0.2, -0.15) is 10.4 Å². The number of nitriles is 1. The van der Waals surface area contributed by atoms with E-state index in [0.29, 0.717) is 18.5 Å². The predicted molar refractivity (Wildman–Crippen MR) is 125 cm³/mol. The molecule has 5 rings (SSSR count). The van der Waals surface area contributed by atoms with Crippen LogP contribution < -0.4 is 0 Å². The van der Waals surface area contributed by atoms with Gasteiger partial charge in [0, 0.05) is 46.0 Å². The number of H-pyrrole nitrogens is 1. The van der Waals surface area contributed by atoms with E-state index in [1.54, 1.807) is 6.20 Å². The second-order valence-electron chi connectivity index (χ2n) is 9.68. The Balaban J connectivity index is 1.84. The third-order valence-corrected chi connectivity index (χ3v) is 6.85. The summed E-state index contributed by atoms with van der Waals surface area (Å²) in [4.78, 5) is 11.4. The zero-order chi connectivity index (χ0) is 24.9. The first-order valence-electron chi connectivity index (χ1n) is 11.4. The summed E-state index contributed by atoms with van der Waals surface area (Å²) in [5, 5.41) is 27.8. The molecule has 1 aliphatic heterocycles. The van der Waals surface area contributed by atoms with Gasteiger partial charge in [-0.15, -0.1) is 0 Å². The molecular formula is C26H24F2N4O3. The molecule has 180 valence electrons. The smallest absolute Gasteiger partial charge is 0.332 e. The minimum Gasteiger partial charge on any atom is -0.479 e. The standard InChI is InChI=1S/C26H24F2N4O3/c1-26(2,7-8-29)24-23(14-3-6-22(25(33)34)35-13-14)17-11-20-15(12-30-31-20)9-21(17)32(24)16-4-5-18(27)19(28)10-16/h4-5,9-12,14,22H,3,6-7,13H2,1-2H3,(H,30,31)(H,33,34)/t14-,22?/m0/s1. The molecule has 0 spiro atoms. The van der Waals surface area contributed by atoms with E-state index in [-0.39, 0.29) is 18.9 Å². The molecule has 1 aliphatic rings. The molecule has 0 saturated carbocycles. The number of aromatic amines is 1. The number of rotatable bonds is 5. The lowest BCUT2D eigenvalue weighted by molar-refractivity contribution is -0.153. The van der Waals surface area contributed by atoms with Crippen LogP contribution in [0, 0.1) is 23.0 Å². The molecule has 3 heterocycles. The van der Waals surface area contributed by atoms with E-state index in [0.717, 1.165) is 45.2 Å². The number of aromatic nitrogens is 3. The van der Waals surface area contributed by atoms with Crippen molar-refractivity contribution in [1.82, 2.24) is 14.8 Å². The molecule has 1 fully saturated rings. The lowest BCUT2D eigenvalue weighted by Gasteiger charge is -2.32. The van der Waals surface area contributed by atoms with Crippen molar-refractivity contribution >= 4 is 27.8 Å². The summed E-state index contributed by atoms with van der Waals surface area (Å²) in [6.45, 7) is 4.09. The normalized spacial score (nSPS) is 18.7. The average molecular weight is 478 g/mol. The number of nitrogens with one attached hydrogen (secondary N) is 1. The van der Waals surface area contributed by atoms with Gasteiger partial charge in [-0.1, -0.05) is 13.8 Å². The molecule has 35 heavy (non-hydrogen) atoms. The van der Waals surface area contributed by atoms with Gasteiger partial charge in [-0.25, -0.2) is 13.6 Å². The molecule has 2 N–H and O–H groups in total. The van der Waals surface area contributed by atoms with Crippen molar-refractivity contribution in [2.75, 3.05) is 6.61 Å². The van der Waals surface area contributed by atoms with Gasteiger partial charge in [0.25, 0.3) is 0 Å². The molecular weight excluding hydrogens is 454 g/mol. The second kappa shape index (κ2) is 8.47. The zero-order valence-electron chi connectivity index (χ0n) is 19.3. The predicted octanol–water partition coefficient (Wildman–Crippen LogP) is 5.32. The minimum atomic E-state index is -0.989. The fraction of sp³-hybridized carbons (Fsp3) is 0.346. The number of carboxylic acids is 1. The largest absolute Gasteiger partial charge is 0.479 e. The van der Waals surface area contributed by atoms with E-state index >= 15 is 0 Å². The monoisotopic (exact) mass is 478 g/mol. The van der Waals surface area contributed by atoms with Crippen molar-refractivity contribution in [3.05, 3.63) is 59.4 Å². The highest BCUT2D eigenvalue weighted by molar-refractivity contribution is 5.99. The van der Waals surface area contributed by atoms with Gasteiger partial charge >= 0.3 is 5.97 Å². The van der Waals surface area contributed by atoms with Crippen LogP contribution in [0.4, 0.5) is 8.78 Å². The number of nitrogens with zero attached hydrogens (tertiary/aromatic N) is 3. The molecule has 0 bridgehead atoms. The van der Waals surface area contributed by atoms with E-state index < -0.39 is 29.1 Å². The Bertz CT molecular complexity index is 1490. The van der Waals surface area contributed by atoms with Crippen LogP contribution in [0.25, 0.3) is 27.5 Å². The first-order chi connectivity index (χ1) is 16.7. The fourth-order valence-electron chi connectivity index (χ4n) is 5.18. The zero-order valence-corrected chi connectivity index (χ0v) is 19.3. The van der Waals surface area contributed by atoms with E-state index in [4.69, 9.17) is 4.74 Å². The first-order valence-corrected chi connectivity index (χ1v) is 11.4. The molecule has 1 unspecified atom stereocenters. The van der Waals surface area contributed by atoms with E-state index in [1.807, 2.05) is 30.5 Å². The maximum atomic E-state index is 14.4. The van der Waals surface area contributed by atoms with E-state index in [1.165, 1.54) is 6.07 Å². The highest BCUT2D eigenvalue weighted by Crippen LogP contribution is 2.45. The molecule has 4 aromatic rings. The molecule has 2 atom stereocenters. The third-order valence-electron chi connectivity index (χ3n) is 6.85. The summed E-state index contributed by atoms with van der Waals surface area (Å²) < 4.78 is 35.8. The van der Waals surface area contributed by atoms with Crippen molar-refractivity contribution in [1.29, 1.82) is 5.26 Å². The molecule has 0 aliphatic carbocycles. The van der Waals surface area contributed by atoms with E-state index in [9.17, 15) is 23.9 Å². The van der Waals surface area contributed by atoms with Crippen LogP contribution in [0.1, 0.15) is 50.3 Å². The van der Waals surface area contributed by atoms with Crippen LogP contribution in [0.5, 0.6) is 0 Å². The number of carboxylic acid groups (broad SMARTS) is 1. The number of ether oxygens (including phenoxy) is 1. The molecule has 9 heteroatoms. The molecule has 2 aromatic heterocycles. The van der Waals surface area contributed by atoms with Crippen molar-refractivity contribution in [2.45, 2.75) is 50.5 Å². The van der Waals surface area contributed by atoms with Crippen LogP contribution in [-0.2, 0) is 14.9 Å². The van der Waals surface area contributed by atoms with Crippen LogP contribution in [0.2, 0.25) is 0 Å². The topological polar surface area (TPSA) is 104 Å². The number of benzene rings is 2. The SMILES string of the molecule is CC(C)(CC#N)c1c([C@H]2CCC(C(=O)O)OC2)c2cc3[nH]ncc3cc2n1-c1ccc(F)c(F)c1. The van der Waals surface area contributed by atoms with E-state index in [2.05, 4.69) is 16.3 Å². The Labute approximate surface area is 199 Å². The summed E-state index contributed by atoms with van der Waals surface area (Å²) in [5.74, 6) is -3.05. The van der Waals surface area contributed by atoms with Crippen LogP contribution in [0.3, 0.4) is 0 Å². The van der Waals surface area contributed by atoms with Crippen LogP contribution in [0.15, 0.2) is 36.5 Å². The number of carbonyl (C=O) groups is 1. The van der Waals surface area contributed by atoms with Gasteiger partial charge in [0.1, 0.15) is 0 Å². The van der Waals surface area contributed by atoms with Gasteiger partial charge in [-0.3, -0.25) is 5.10 Å². The Morgan fingerprint density at radius 2 is 2.09 bits per heavy atom. The molecule has 0 radical (unpaired) electrons. The van der Waals surface area contributed by atoms with Gasteiger partial charge in [-0.05, 0) is 42.7 Å². The quantitative estimate of drug-likeness (QED) is 0.404. The number of halogens is 2. The van der Waals surface area contributed by atoms with Crippen LogP contribution in [-0.4, -0.2) is 38.6 Å². The minimum absolute atomic E-state index is 0.145. The maximum absolute atomic E-state index is 14.4. The fourth-order valence-corrected chi connectivity index (χ4v) is 5.18. The van der Waals surface area contributed by atoms with Crippen LogP contribution >= 0.6 is 0 Å². The Hall–Kier alpha value is -3.77. The van der Waals surface area contributed by atoms with Crippen molar-refractivity contribution in [2.24, 2.45) is 0 Å². The van der Waals surface area contributed by atoms with Crippen molar-refractivity contribution in [3.8, 4) is 11.8 Å². The summed E-state index contributed by atoms with van der Waals surface area (Å²) in [6.07, 6.45) is 1.94. The number of aliphatic carboxylic acids is 1. The highest BCUT2D eigenvalue weighted by Gasteiger charge is 2.37. The molecule has 1 saturated heterocycles. The second-order valence-corrected chi connectivity index (χ2v) is 9.68. The maximum Gasteiger partial charge on any atom is 0.332 e. The third kappa shape index (κ3) is 3.84. The lowest BCUT2D eigenvalue weighted by atomic mass is 9.78. The van der Waals surface area contributed by atoms with Gasteiger partial charge < -0.3 is 14.4 Å². The van der Waals surface area contributed by atoms with Gasteiger partial charge in [0.05, 0.1) is 29.9 Å². The Morgan fingerprint density at radius 1 is 1.29 bits per heavy atom.